The number of rotatable bonds is 8. The second kappa shape index (κ2) is 12.6. The number of aryl methyl sites for hydroxylation is 4. The van der Waals surface area contributed by atoms with Crippen LogP contribution < -0.4 is 4.90 Å². The largest absolute Gasteiger partial charge is 0.458 e. The van der Waals surface area contributed by atoms with Crippen molar-refractivity contribution in [3.63, 3.8) is 0 Å². The Morgan fingerprint density at radius 2 is 0.959 bits per heavy atom. The van der Waals surface area contributed by atoms with E-state index in [-0.39, 0.29) is 46.6 Å². The highest BCUT2D eigenvalue weighted by Gasteiger charge is 2.39. The van der Waals surface area contributed by atoms with Gasteiger partial charge in [-0.1, -0.05) is 24.3 Å². The second-order valence-corrected chi connectivity index (χ2v) is 12.5. The summed E-state index contributed by atoms with van der Waals surface area (Å²) >= 11 is 0. The van der Waals surface area contributed by atoms with E-state index in [1.165, 1.54) is 65.7 Å². The monoisotopic (exact) mass is 658 g/mol. The van der Waals surface area contributed by atoms with Crippen molar-refractivity contribution in [2.75, 3.05) is 25.2 Å². The molecule has 0 saturated heterocycles. The molecule has 49 heavy (non-hydrogen) atoms. The zero-order valence-electron chi connectivity index (χ0n) is 28.1. The molecule has 10 heteroatoms. The molecule has 2 aliphatic heterocycles. The van der Waals surface area contributed by atoms with Crippen LogP contribution >= 0.6 is 0 Å². The molecule has 4 amide bonds. The Balaban J connectivity index is 1.10. The van der Waals surface area contributed by atoms with Crippen LogP contribution in [0.2, 0.25) is 0 Å². The van der Waals surface area contributed by atoms with Crippen LogP contribution in [0.4, 0.5) is 5.69 Å². The third kappa shape index (κ3) is 5.90. The van der Waals surface area contributed by atoms with E-state index in [0.717, 1.165) is 26.5 Å². The molecule has 4 aromatic carbocycles. The number of hydrogen-bond donors (Lipinski definition) is 0. The normalized spacial score (nSPS) is 13.6. The summed E-state index contributed by atoms with van der Waals surface area (Å²) in [5.74, 6) is -3.48. The van der Waals surface area contributed by atoms with Gasteiger partial charge in [-0.05, 0) is 116 Å². The van der Waals surface area contributed by atoms with Gasteiger partial charge in [-0.15, -0.1) is 0 Å². The van der Waals surface area contributed by atoms with Gasteiger partial charge in [0.25, 0.3) is 23.6 Å². The van der Waals surface area contributed by atoms with Gasteiger partial charge in [0, 0.05) is 7.05 Å². The van der Waals surface area contributed by atoms with Crippen molar-refractivity contribution in [1.29, 1.82) is 0 Å². The summed E-state index contributed by atoms with van der Waals surface area (Å²) in [5, 5.41) is 0. The van der Waals surface area contributed by atoms with E-state index >= 15 is 0 Å². The molecular weight excluding hydrogens is 624 g/mol. The molecule has 0 N–H and O–H groups in total. The van der Waals surface area contributed by atoms with E-state index in [0.29, 0.717) is 12.1 Å². The number of fused-ring (bicyclic) bond motifs is 2. The first-order valence-corrected chi connectivity index (χ1v) is 15.8. The zero-order valence-corrected chi connectivity index (χ0v) is 28.1. The van der Waals surface area contributed by atoms with Crippen LogP contribution in [-0.2, 0) is 15.9 Å². The Morgan fingerprint density at radius 3 is 1.47 bits per heavy atom. The molecule has 0 spiro atoms. The summed E-state index contributed by atoms with van der Waals surface area (Å²) in [6.45, 7) is 9.51. The number of imide groups is 2. The number of ether oxygens (including phenoxy) is 2. The first kappa shape index (κ1) is 33.0. The van der Waals surface area contributed by atoms with Crippen molar-refractivity contribution >= 4 is 41.3 Å². The number of benzene rings is 4. The van der Waals surface area contributed by atoms with Gasteiger partial charge in [-0.25, -0.2) is 14.5 Å². The van der Waals surface area contributed by atoms with Crippen LogP contribution in [-0.4, -0.2) is 60.7 Å². The lowest BCUT2D eigenvalue weighted by Crippen LogP contribution is -2.30. The maximum Gasteiger partial charge on any atom is 0.338 e. The van der Waals surface area contributed by atoms with E-state index in [4.69, 9.17) is 9.47 Å². The number of carbonyl (C=O) groups excluding carboxylic acids is 6. The Kier molecular flexibility index (Phi) is 8.50. The fraction of sp³-hybridized carbons (Fsp3) is 0.231. The Morgan fingerprint density at radius 1 is 0.551 bits per heavy atom. The first-order valence-electron chi connectivity index (χ1n) is 15.8. The van der Waals surface area contributed by atoms with Crippen LogP contribution in [0.5, 0.6) is 0 Å². The van der Waals surface area contributed by atoms with Crippen LogP contribution in [0.15, 0.2) is 60.7 Å². The molecular formula is C39H34N2O8. The van der Waals surface area contributed by atoms with Gasteiger partial charge >= 0.3 is 11.9 Å². The van der Waals surface area contributed by atoms with E-state index in [2.05, 4.69) is 32.9 Å². The SMILES string of the molecule is Cc1cc(Cc2cc(C)c(N3C(=O)c4ccc(C(=O)OCCOC(=O)c5ccc6c(c5)C(=O)N(C)C6=O)cc4C3=O)c(C)c2)cc(C)c1C. The van der Waals surface area contributed by atoms with Crippen LogP contribution in [0.1, 0.15) is 101 Å². The maximum atomic E-state index is 13.6. The molecule has 10 nitrogen and oxygen atoms in total. The number of carbonyl (C=O) groups is 6. The van der Waals surface area contributed by atoms with E-state index < -0.39 is 35.6 Å². The third-order valence-corrected chi connectivity index (χ3v) is 9.17. The molecule has 0 aromatic heterocycles. The average molecular weight is 659 g/mol. The van der Waals surface area contributed by atoms with Crippen molar-refractivity contribution in [3.8, 4) is 0 Å². The van der Waals surface area contributed by atoms with E-state index in [1.807, 2.05) is 26.0 Å². The number of nitrogens with zero attached hydrogens (tertiary/aromatic N) is 2. The molecule has 248 valence electrons. The van der Waals surface area contributed by atoms with Gasteiger partial charge in [0.05, 0.1) is 39.1 Å². The minimum Gasteiger partial charge on any atom is -0.458 e. The maximum absolute atomic E-state index is 13.6. The zero-order chi connectivity index (χ0) is 35.3. The fourth-order valence-corrected chi connectivity index (χ4v) is 6.46. The second-order valence-electron chi connectivity index (χ2n) is 12.5. The summed E-state index contributed by atoms with van der Waals surface area (Å²) in [6, 6.07) is 16.6. The number of anilines is 1. The highest BCUT2D eigenvalue weighted by Crippen LogP contribution is 2.35. The topological polar surface area (TPSA) is 127 Å². The predicted molar refractivity (Wildman–Crippen MR) is 180 cm³/mol. The minimum absolute atomic E-state index is 0.0616. The summed E-state index contributed by atoms with van der Waals surface area (Å²) < 4.78 is 10.4. The van der Waals surface area contributed by atoms with Gasteiger partial charge in [-0.2, -0.15) is 0 Å². The lowest BCUT2D eigenvalue weighted by atomic mass is 9.94. The van der Waals surface area contributed by atoms with Gasteiger partial charge in [0.1, 0.15) is 13.2 Å². The lowest BCUT2D eigenvalue weighted by Gasteiger charge is -2.21. The summed E-state index contributed by atoms with van der Waals surface area (Å²) in [7, 11) is 1.36. The fourth-order valence-electron chi connectivity index (χ4n) is 6.46. The van der Waals surface area contributed by atoms with Crippen molar-refractivity contribution in [3.05, 3.63) is 133 Å². The molecule has 6 rings (SSSR count). The molecule has 0 aliphatic carbocycles. The first-order chi connectivity index (χ1) is 23.3. The Hall–Kier alpha value is -5.90. The summed E-state index contributed by atoms with van der Waals surface area (Å²) in [4.78, 5) is 78.9. The quantitative estimate of drug-likeness (QED) is 0.131. The molecule has 4 aromatic rings. The highest BCUT2D eigenvalue weighted by molar-refractivity contribution is 6.35. The average Bonchev–Trinajstić information content (AvgIpc) is 3.44. The van der Waals surface area contributed by atoms with E-state index in [1.54, 1.807) is 0 Å². The van der Waals surface area contributed by atoms with Crippen LogP contribution in [0.25, 0.3) is 0 Å². The van der Waals surface area contributed by atoms with Crippen molar-refractivity contribution in [2.24, 2.45) is 0 Å². The van der Waals surface area contributed by atoms with Gasteiger partial charge in [0.15, 0.2) is 0 Å². The van der Waals surface area contributed by atoms with Crippen molar-refractivity contribution in [1.82, 2.24) is 4.90 Å². The lowest BCUT2D eigenvalue weighted by molar-refractivity contribution is 0.0265. The third-order valence-electron chi connectivity index (χ3n) is 9.17. The molecule has 2 aliphatic rings. The molecule has 0 unspecified atom stereocenters. The smallest absolute Gasteiger partial charge is 0.338 e. The van der Waals surface area contributed by atoms with Crippen LogP contribution in [0, 0.1) is 34.6 Å². The number of amides is 4. The van der Waals surface area contributed by atoms with Gasteiger partial charge in [0.2, 0.25) is 0 Å². The van der Waals surface area contributed by atoms with Crippen molar-refractivity contribution in [2.45, 2.75) is 41.0 Å². The predicted octanol–water partition coefficient (Wildman–Crippen LogP) is 5.86. The standard InChI is InChI=1S/C39H34N2O8/c1-20-13-25(14-21(2)24(20)5)17-26-15-22(3)33(23(4)16-26)41-36(44)30-10-8-28(19-32(30)37(41)45)39(47)49-12-11-48-38(46)27-7-9-29-31(18-27)35(43)40(6)34(29)42/h7-10,13-16,18-19H,11-12,17H2,1-6H3. The minimum atomic E-state index is -0.763. The summed E-state index contributed by atoms with van der Waals surface area (Å²) in [6.07, 6.45) is 0.714. The molecule has 0 fully saturated rings. The van der Waals surface area contributed by atoms with Gasteiger partial charge in [-0.3, -0.25) is 24.1 Å². The molecule has 0 bridgehead atoms. The molecule has 0 radical (unpaired) electrons. The number of esters is 2. The Labute approximate surface area is 283 Å². The van der Waals surface area contributed by atoms with Gasteiger partial charge < -0.3 is 9.47 Å². The number of hydrogen-bond acceptors (Lipinski definition) is 8. The van der Waals surface area contributed by atoms with Crippen molar-refractivity contribution < 1.29 is 38.2 Å². The highest BCUT2D eigenvalue weighted by atomic mass is 16.6. The van der Waals surface area contributed by atoms with Crippen LogP contribution in [0.3, 0.4) is 0 Å². The van der Waals surface area contributed by atoms with E-state index in [9.17, 15) is 28.8 Å². The summed E-state index contributed by atoms with van der Waals surface area (Å²) in [5.41, 5.74) is 8.82. The molecule has 0 saturated carbocycles. The molecule has 0 atom stereocenters. The Bertz CT molecular complexity index is 2100. The molecule has 2 heterocycles.